The van der Waals surface area contributed by atoms with E-state index in [2.05, 4.69) is 5.32 Å². The first-order chi connectivity index (χ1) is 10.3. The number of aliphatic carboxylic acids is 1. The Morgan fingerprint density at radius 3 is 2.64 bits per heavy atom. The number of hydrogen-bond donors (Lipinski definition) is 2. The van der Waals surface area contributed by atoms with E-state index in [0.717, 1.165) is 11.0 Å². The van der Waals surface area contributed by atoms with Crippen LogP contribution in [0.4, 0.5) is 0 Å². The molecule has 0 radical (unpaired) electrons. The van der Waals surface area contributed by atoms with Crippen molar-refractivity contribution in [3.05, 3.63) is 36.1 Å². The second-order valence-electron chi connectivity index (χ2n) is 6.18. The monoisotopic (exact) mass is 303 g/mol. The molecular formula is C17H21NO4. The third kappa shape index (κ3) is 3.87. The number of fused-ring (bicyclic) bond motifs is 1. The first-order valence-corrected chi connectivity index (χ1v) is 7.31. The van der Waals surface area contributed by atoms with Crippen molar-refractivity contribution >= 4 is 22.8 Å². The molecular weight excluding hydrogens is 282 g/mol. The molecule has 2 rings (SSSR count). The van der Waals surface area contributed by atoms with E-state index in [0.29, 0.717) is 12.2 Å². The quantitative estimate of drug-likeness (QED) is 0.858. The summed E-state index contributed by atoms with van der Waals surface area (Å²) in [5.74, 6) is -0.869. The zero-order chi connectivity index (χ0) is 16.3. The zero-order valence-electron chi connectivity index (χ0n) is 13.1. The Labute approximate surface area is 129 Å². The molecule has 2 N–H and O–H groups in total. The molecule has 0 spiro atoms. The van der Waals surface area contributed by atoms with Crippen molar-refractivity contribution in [1.82, 2.24) is 5.32 Å². The Bertz CT molecular complexity index is 654. The minimum atomic E-state index is -0.868. The van der Waals surface area contributed by atoms with Crippen LogP contribution in [-0.4, -0.2) is 22.5 Å². The fourth-order valence-electron chi connectivity index (χ4n) is 2.27. The summed E-state index contributed by atoms with van der Waals surface area (Å²) < 4.78 is 5.71. The minimum absolute atomic E-state index is 0.0201. The molecule has 0 saturated heterocycles. The molecule has 1 heterocycles. The number of para-hydroxylation sites is 1. The molecule has 5 heteroatoms. The summed E-state index contributed by atoms with van der Waals surface area (Å²) in [5.41, 5.74) is 0.178. The molecule has 5 nitrogen and oxygen atoms in total. The molecule has 1 aromatic heterocycles. The van der Waals surface area contributed by atoms with Crippen LogP contribution in [-0.2, 0) is 9.59 Å². The molecule has 0 aliphatic heterocycles. The van der Waals surface area contributed by atoms with Crippen LogP contribution in [0.1, 0.15) is 45.3 Å². The number of carboxylic acids is 1. The van der Waals surface area contributed by atoms with Crippen molar-refractivity contribution < 1.29 is 19.1 Å². The SMILES string of the molecule is CC(C(=O)NC(C)(C)CCC(=O)O)c1cc2ccccc2o1. The number of amides is 1. The van der Waals surface area contributed by atoms with E-state index in [1.165, 1.54) is 0 Å². The summed E-state index contributed by atoms with van der Waals surface area (Å²) in [6.45, 7) is 5.42. The Morgan fingerprint density at radius 1 is 1.32 bits per heavy atom. The fourth-order valence-corrected chi connectivity index (χ4v) is 2.27. The molecule has 1 amide bonds. The van der Waals surface area contributed by atoms with Gasteiger partial charge < -0.3 is 14.8 Å². The van der Waals surface area contributed by atoms with Gasteiger partial charge in [-0.25, -0.2) is 0 Å². The van der Waals surface area contributed by atoms with Crippen molar-refractivity contribution in [3.63, 3.8) is 0 Å². The van der Waals surface area contributed by atoms with Crippen LogP contribution in [0.25, 0.3) is 11.0 Å². The van der Waals surface area contributed by atoms with Gasteiger partial charge >= 0.3 is 5.97 Å². The van der Waals surface area contributed by atoms with E-state index in [4.69, 9.17) is 9.52 Å². The highest BCUT2D eigenvalue weighted by Gasteiger charge is 2.26. The molecule has 1 aromatic carbocycles. The first-order valence-electron chi connectivity index (χ1n) is 7.31. The molecule has 0 aliphatic rings. The zero-order valence-corrected chi connectivity index (χ0v) is 13.1. The van der Waals surface area contributed by atoms with Crippen LogP contribution >= 0.6 is 0 Å². The summed E-state index contributed by atoms with van der Waals surface area (Å²) in [4.78, 5) is 23.0. The number of rotatable bonds is 6. The van der Waals surface area contributed by atoms with Crippen molar-refractivity contribution in [2.24, 2.45) is 0 Å². The predicted molar refractivity (Wildman–Crippen MR) is 83.7 cm³/mol. The number of carbonyl (C=O) groups is 2. The molecule has 22 heavy (non-hydrogen) atoms. The van der Waals surface area contributed by atoms with Crippen LogP contribution in [0.2, 0.25) is 0 Å². The Kier molecular flexibility index (Phi) is 4.54. The molecule has 0 aliphatic carbocycles. The van der Waals surface area contributed by atoms with Crippen LogP contribution in [0.5, 0.6) is 0 Å². The number of furan rings is 1. The molecule has 0 fully saturated rings. The van der Waals surface area contributed by atoms with Gasteiger partial charge in [0.15, 0.2) is 0 Å². The highest BCUT2D eigenvalue weighted by molar-refractivity contribution is 5.85. The van der Waals surface area contributed by atoms with E-state index in [9.17, 15) is 9.59 Å². The Morgan fingerprint density at radius 2 is 2.00 bits per heavy atom. The van der Waals surface area contributed by atoms with Gasteiger partial charge in [0.25, 0.3) is 0 Å². The van der Waals surface area contributed by atoms with Gasteiger partial charge in [0.2, 0.25) is 5.91 Å². The minimum Gasteiger partial charge on any atom is -0.481 e. The van der Waals surface area contributed by atoms with Gasteiger partial charge in [-0.1, -0.05) is 18.2 Å². The van der Waals surface area contributed by atoms with Crippen molar-refractivity contribution in [3.8, 4) is 0 Å². The summed E-state index contributed by atoms with van der Waals surface area (Å²) in [6.07, 6.45) is 0.396. The normalized spacial score (nSPS) is 13.0. The van der Waals surface area contributed by atoms with Gasteiger partial charge in [-0.3, -0.25) is 9.59 Å². The lowest BCUT2D eigenvalue weighted by atomic mass is 9.96. The van der Waals surface area contributed by atoms with Crippen LogP contribution < -0.4 is 5.32 Å². The summed E-state index contributed by atoms with van der Waals surface area (Å²) >= 11 is 0. The highest BCUT2D eigenvalue weighted by Crippen LogP contribution is 2.25. The number of hydrogen-bond acceptors (Lipinski definition) is 3. The third-order valence-electron chi connectivity index (χ3n) is 3.69. The second-order valence-corrected chi connectivity index (χ2v) is 6.18. The summed E-state index contributed by atoms with van der Waals surface area (Å²) in [5, 5.41) is 12.6. The predicted octanol–water partition coefficient (Wildman–Crippen LogP) is 3.30. The maximum absolute atomic E-state index is 12.4. The topological polar surface area (TPSA) is 79.5 Å². The molecule has 2 aromatic rings. The highest BCUT2D eigenvalue weighted by atomic mass is 16.4. The van der Waals surface area contributed by atoms with E-state index in [1.807, 2.05) is 44.2 Å². The fraction of sp³-hybridized carbons (Fsp3) is 0.412. The van der Waals surface area contributed by atoms with Crippen LogP contribution in [0, 0.1) is 0 Å². The molecule has 0 saturated carbocycles. The third-order valence-corrected chi connectivity index (χ3v) is 3.69. The van der Waals surface area contributed by atoms with Gasteiger partial charge in [0, 0.05) is 17.3 Å². The Balaban J connectivity index is 2.06. The molecule has 0 bridgehead atoms. The number of benzene rings is 1. The molecule has 1 unspecified atom stereocenters. The van der Waals surface area contributed by atoms with Gasteiger partial charge in [0.05, 0.1) is 5.92 Å². The van der Waals surface area contributed by atoms with Gasteiger partial charge in [-0.05, 0) is 39.3 Å². The average molecular weight is 303 g/mol. The number of nitrogens with one attached hydrogen (secondary N) is 1. The molecule has 1 atom stereocenters. The van der Waals surface area contributed by atoms with Crippen molar-refractivity contribution in [1.29, 1.82) is 0 Å². The maximum atomic E-state index is 12.4. The number of carboxylic acid groups (broad SMARTS) is 1. The second kappa shape index (κ2) is 6.22. The van der Waals surface area contributed by atoms with Crippen LogP contribution in [0.15, 0.2) is 34.7 Å². The van der Waals surface area contributed by atoms with Crippen molar-refractivity contribution in [2.45, 2.75) is 45.1 Å². The van der Waals surface area contributed by atoms with Gasteiger partial charge in [-0.2, -0.15) is 0 Å². The lowest BCUT2D eigenvalue weighted by Gasteiger charge is -2.27. The standard InChI is InChI=1S/C17H21NO4/c1-11(14-10-12-6-4-5-7-13(12)22-14)16(21)18-17(2,3)9-8-15(19)20/h4-7,10-11H,8-9H2,1-3H3,(H,18,21)(H,19,20). The Hall–Kier alpha value is -2.30. The van der Waals surface area contributed by atoms with Gasteiger partial charge in [-0.15, -0.1) is 0 Å². The lowest BCUT2D eigenvalue weighted by molar-refractivity contribution is -0.138. The van der Waals surface area contributed by atoms with Crippen LogP contribution in [0.3, 0.4) is 0 Å². The van der Waals surface area contributed by atoms with E-state index in [-0.39, 0.29) is 12.3 Å². The average Bonchev–Trinajstić information content (AvgIpc) is 2.87. The maximum Gasteiger partial charge on any atom is 0.303 e. The first kappa shape index (κ1) is 16.1. The van der Waals surface area contributed by atoms with Crippen molar-refractivity contribution in [2.75, 3.05) is 0 Å². The van der Waals surface area contributed by atoms with E-state index in [1.54, 1.807) is 6.92 Å². The van der Waals surface area contributed by atoms with Gasteiger partial charge in [0.1, 0.15) is 11.3 Å². The molecule has 118 valence electrons. The largest absolute Gasteiger partial charge is 0.481 e. The lowest BCUT2D eigenvalue weighted by Crippen LogP contribution is -2.45. The number of carbonyl (C=O) groups excluding carboxylic acids is 1. The summed E-state index contributed by atoms with van der Waals surface area (Å²) in [7, 11) is 0. The smallest absolute Gasteiger partial charge is 0.303 e. The van der Waals surface area contributed by atoms with E-state index >= 15 is 0 Å². The summed E-state index contributed by atoms with van der Waals surface area (Å²) in [6, 6.07) is 9.46. The van der Waals surface area contributed by atoms with E-state index < -0.39 is 17.4 Å².